The molecule has 0 unspecified atom stereocenters. The first-order valence-electron chi connectivity index (χ1n) is 10.9. The number of guanidine groups is 1. The van der Waals surface area contributed by atoms with E-state index in [-0.39, 0.29) is 16.4 Å². The predicted molar refractivity (Wildman–Crippen MR) is 137 cm³/mol. The van der Waals surface area contributed by atoms with Crippen LogP contribution in [0, 0.1) is 5.41 Å². The van der Waals surface area contributed by atoms with Crippen molar-refractivity contribution in [2.45, 2.75) is 39.2 Å². The molecule has 0 atom stereocenters. The molecule has 2 heterocycles. The van der Waals surface area contributed by atoms with Gasteiger partial charge < -0.3 is 16.0 Å². The van der Waals surface area contributed by atoms with E-state index in [1.807, 2.05) is 23.1 Å². The molecule has 0 fully saturated rings. The van der Waals surface area contributed by atoms with Crippen LogP contribution in [-0.4, -0.2) is 33.2 Å². The number of carbonyl (C=O) groups is 1. The van der Waals surface area contributed by atoms with Gasteiger partial charge in [-0.05, 0) is 41.8 Å². The molecule has 3 aromatic rings. The van der Waals surface area contributed by atoms with Crippen molar-refractivity contribution < 1.29 is 4.79 Å². The molecule has 2 amide bonds. The normalized spacial score (nSPS) is 13.4. The van der Waals surface area contributed by atoms with Gasteiger partial charge in [0.05, 0.1) is 27.1 Å². The first-order chi connectivity index (χ1) is 16.0. The van der Waals surface area contributed by atoms with E-state index in [9.17, 15) is 4.79 Å². The number of amides is 2. The summed E-state index contributed by atoms with van der Waals surface area (Å²) in [6.07, 6.45) is 0.815. The maximum atomic E-state index is 12.8. The fourth-order valence-electron chi connectivity index (χ4n) is 3.78. The van der Waals surface area contributed by atoms with Crippen LogP contribution in [0.2, 0.25) is 10.0 Å². The minimum absolute atomic E-state index is 0.0591. The summed E-state index contributed by atoms with van der Waals surface area (Å²) >= 11 is 12.3. The van der Waals surface area contributed by atoms with Crippen molar-refractivity contribution in [1.82, 2.24) is 14.7 Å². The van der Waals surface area contributed by atoms with Gasteiger partial charge in [-0.15, -0.1) is 0 Å². The van der Waals surface area contributed by atoms with Crippen molar-refractivity contribution >= 4 is 46.7 Å². The number of halogens is 2. The van der Waals surface area contributed by atoms with E-state index in [1.54, 1.807) is 22.9 Å². The second-order valence-electron chi connectivity index (χ2n) is 9.27. The zero-order valence-electron chi connectivity index (χ0n) is 19.2. The fourth-order valence-corrected chi connectivity index (χ4v) is 4.13. The lowest BCUT2D eigenvalue weighted by Crippen LogP contribution is -2.40. The van der Waals surface area contributed by atoms with Gasteiger partial charge in [0.2, 0.25) is 0 Å². The Morgan fingerprint density at radius 2 is 1.88 bits per heavy atom. The second kappa shape index (κ2) is 9.19. The molecule has 1 aliphatic heterocycles. The number of benzene rings is 2. The number of urea groups is 1. The van der Waals surface area contributed by atoms with Gasteiger partial charge in [-0.1, -0.05) is 56.1 Å². The van der Waals surface area contributed by atoms with E-state index in [1.165, 1.54) is 5.56 Å². The Bertz CT molecular complexity index is 1260. The Hall–Kier alpha value is -3.23. The minimum Gasteiger partial charge on any atom is -0.370 e. The van der Waals surface area contributed by atoms with Crippen LogP contribution in [0.4, 0.5) is 16.3 Å². The molecule has 10 heteroatoms. The Balaban J connectivity index is 1.66. The Morgan fingerprint density at radius 1 is 1.12 bits per heavy atom. The summed E-state index contributed by atoms with van der Waals surface area (Å²) in [6, 6.07) is 12.5. The van der Waals surface area contributed by atoms with Gasteiger partial charge in [0.15, 0.2) is 5.96 Å². The molecule has 4 rings (SSSR count). The number of nitrogens with one attached hydrogen (secondary N) is 3. The van der Waals surface area contributed by atoms with Crippen molar-refractivity contribution in [3.8, 4) is 5.69 Å². The van der Waals surface area contributed by atoms with Gasteiger partial charge >= 0.3 is 6.03 Å². The molecule has 178 valence electrons. The lowest BCUT2D eigenvalue weighted by atomic mass is 9.92. The summed E-state index contributed by atoms with van der Waals surface area (Å²) in [5.41, 5.74) is 9.81. The third-order valence-corrected chi connectivity index (χ3v) is 6.53. The third kappa shape index (κ3) is 4.98. The highest BCUT2D eigenvalue weighted by Gasteiger charge is 2.23. The van der Waals surface area contributed by atoms with Crippen LogP contribution < -0.4 is 16.4 Å². The zero-order chi connectivity index (χ0) is 24.6. The van der Waals surface area contributed by atoms with E-state index < -0.39 is 6.03 Å². The molecular formula is C24H27Cl2N7O. The van der Waals surface area contributed by atoms with Crippen LogP contribution in [-0.2, 0) is 18.4 Å². The monoisotopic (exact) mass is 499 g/mol. The fraction of sp³-hybridized carbons (Fsp3) is 0.292. The first-order valence-corrected chi connectivity index (χ1v) is 11.6. The first kappa shape index (κ1) is 23.9. The molecule has 0 saturated heterocycles. The highest BCUT2D eigenvalue weighted by molar-refractivity contribution is 6.44. The number of nitrogens with two attached hydrogens (primary N) is 1. The van der Waals surface area contributed by atoms with Crippen molar-refractivity contribution in [1.29, 1.82) is 5.41 Å². The third-order valence-electron chi connectivity index (χ3n) is 5.71. The molecule has 1 aliphatic rings. The van der Waals surface area contributed by atoms with Gasteiger partial charge in [0.1, 0.15) is 5.82 Å². The highest BCUT2D eigenvalue weighted by Crippen LogP contribution is 2.31. The van der Waals surface area contributed by atoms with Crippen molar-refractivity contribution in [3.63, 3.8) is 0 Å². The average molecular weight is 500 g/mol. The maximum Gasteiger partial charge on any atom is 0.324 e. The highest BCUT2D eigenvalue weighted by atomic mass is 35.5. The number of hydrogen-bond acceptors (Lipinski definition) is 3. The van der Waals surface area contributed by atoms with E-state index in [2.05, 4.69) is 37.5 Å². The van der Waals surface area contributed by atoms with Crippen LogP contribution in [0.15, 0.2) is 42.5 Å². The number of aromatic nitrogens is 2. The smallest absolute Gasteiger partial charge is 0.324 e. The zero-order valence-corrected chi connectivity index (χ0v) is 20.8. The summed E-state index contributed by atoms with van der Waals surface area (Å²) in [4.78, 5) is 14.7. The standard InChI is InChI=1S/C24H27Cl2N7O/c1-24(2,3)19-12-20(30-23(34)29-18-6-4-5-17(25)21(18)26)33(31-19)16-8-7-14-9-10-32(22(27)28)13-15(14)11-16/h4-8,11-12H,9-10,13H2,1-3H3,(H3,27,28)(H2,29,30,34). The summed E-state index contributed by atoms with van der Waals surface area (Å²) < 4.78 is 1.72. The number of anilines is 2. The molecule has 2 aromatic carbocycles. The van der Waals surface area contributed by atoms with Crippen LogP contribution in [0.25, 0.3) is 5.69 Å². The van der Waals surface area contributed by atoms with Crippen LogP contribution in [0.3, 0.4) is 0 Å². The van der Waals surface area contributed by atoms with Gasteiger partial charge in [-0.2, -0.15) is 5.10 Å². The molecule has 34 heavy (non-hydrogen) atoms. The molecule has 0 aliphatic carbocycles. The van der Waals surface area contributed by atoms with E-state index >= 15 is 0 Å². The lowest BCUT2D eigenvalue weighted by Gasteiger charge is -2.29. The topological polar surface area (TPSA) is 112 Å². The van der Waals surface area contributed by atoms with E-state index in [4.69, 9.17) is 39.4 Å². The SMILES string of the molecule is CC(C)(C)c1cc(NC(=O)Nc2cccc(Cl)c2Cl)n(-c2ccc3c(c2)CN(C(=N)N)CC3)n1. The quantitative estimate of drug-likeness (QED) is 0.286. The molecule has 1 aromatic heterocycles. The average Bonchev–Trinajstić information content (AvgIpc) is 3.20. The van der Waals surface area contributed by atoms with Gasteiger partial charge in [-0.3, -0.25) is 10.7 Å². The largest absolute Gasteiger partial charge is 0.370 e. The molecule has 0 spiro atoms. The van der Waals surface area contributed by atoms with Crippen LogP contribution in [0.5, 0.6) is 0 Å². The van der Waals surface area contributed by atoms with Crippen LogP contribution >= 0.6 is 23.2 Å². The van der Waals surface area contributed by atoms with Crippen molar-refractivity contribution in [3.05, 3.63) is 69.3 Å². The molecular weight excluding hydrogens is 473 g/mol. The number of hydrogen-bond donors (Lipinski definition) is 4. The molecule has 5 N–H and O–H groups in total. The Labute approximate surface area is 208 Å². The predicted octanol–water partition coefficient (Wildman–Crippen LogP) is 5.37. The molecule has 0 radical (unpaired) electrons. The van der Waals surface area contributed by atoms with E-state index in [0.717, 1.165) is 29.9 Å². The van der Waals surface area contributed by atoms with Crippen molar-refractivity contribution in [2.75, 3.05) is 17.2 Å². The van der Waals surface area contributed by atoms with Gasteiger partial charge in [-0.25, -0.2) is 9.48 Å². The molecule has 0 saturated carbocycles. The number of nitrogens with zero attached hydrogens (tertiary/aromatic N) is 3. The second-order valence-corrected chi connectivity index (χ2v) is 10.1. The summed E-state index contributed by atoms with van der Waals surface area (Å²) in [7, 11) is 0. The number of carbonyl (C=O) groups excluding carboxylic acids is 1. The Morgan fingerprint density at radius 3 is 2.59 bits per heavy atom. The molecule has 8 nitrogen and oxygen atoms in total. The number of fused-ring (bicyclic) bond motifs is 1. The lowest BCUT2D eigenvalue weighted by molar-refractivity contribution is 0.262. The minimum atomic E-state index is -0.466. The van der Waals surface area contributed by atoms with Crippen LogP contribution in [0.1, 0.15) is 37.6 Å². The van der Waals surface area contributed by atoms with Gasteiger partial charge in [0.25, 0.3) is 0 Å². The number of rotatable bonds is 3. The maximum absolute atomic E-state index is 12.8. The summed E-state index contributed by atoms with van der Waals surface area (Å²) in [6.45, 7) is 7.46. The Kier molecular flexibility index (Phi) is 6.47. The van der Waals surface area contributed by atoms with E-state index in [0.29, 0.717) is 23.1 Å². The van der Waals surface area contributed by atoms with Gasteiger partial charge in [0, 0.05) is 24.6 Å². The molecule has 0 bridgehead atoms. The summed E-state index contributed by atoms with van der Waals surface area (Å²) in [5.74, 6) is 0.573. The van der Waals surface area contributed by atoms with Crippen molar-refractivity contribution in [2.24, 2.45) is 5.73 Å². The summed E-state index contributed by atoms with van der Waals surface area (Å²) in [5, 5.41) is 18.8.